The van der Waals surface area contributed by atoms with Gasteiger partial charge in [-0.3, -0.25) is 0 Å². The van der Waals surface area contributed by atoms with E-state index in [1.807, 2.05) is 0 Å². The lowest BCUT2D eigenvalue weighted by atomic mass is 9.81. The molecule has 0 aromatic carbocycles. The van der Waals surface area contributed by atoms with E-state index in [0.29, 0.717) is 0 Å². The van der Waals surface area contributed by atoms with Gasteiger partial charge in [-0.1, -0.05) is 17.7 Å². The van der Waals surface area contributed by atoms with Gasteiger partial charge in [0.05, 0.1) is 11.3 Å². The fourth-order valence-corrected chi connectivity index (χ4v) is 3.46. The van der Waals surface area contributed by atoms with E-state index < -0.39 is 0 Å². The zero-order valence-electron chi connectivity index (χ0n) is 15.0. The molecule has 1 unspecified atom stereocenters. The summed E-state index contributed by atoms with van der Waals surface area (Å²) >= 11 is 0. The lowest BCUT2D eigenvalue weighted by Gasteiger charge is -2.45. The highest BCUT2D eigenvalue weighted by atomic mass is 15.4. The topological polar surface area (TPSA) is 28.0 Å². The summed E-state index contributed by atoms with van der Waals surface area (Å²) in [7, 11) is 0. The van der Waals surface area contributed by atoms with Crippen LogP contribution < -0.4 is 0 Å². The van der Waals surface area contributed by atoms with Crippen LogP contribution in [-0.4, -0.2) is 33.2 Å². The van der Waals surface area contributed by atoms with E-state index in [1.165, 1.54) is 11.1 Å². The quantitative estimate of drug-likeness (QED) is 0.650. The van der Waals surface area contributed by atoms with Crippen molar-refractivity contribution in [2.24, 2.45) is 9.98 Å². The van der Waals surface area contributed by atoms with Crippen molar-refractivity contribution in [3.8, 4) is 0 Å². The molecular formula is C18H29N3. The Bertz CT molecular complexity index is 577. The third kappa shape index (κ3) is 2.83. The maximum absolute atomic E-state index is 4.91. The molecule has 2 aliphatic rings. The van der Waals surface area contributed by atoms with Crippen molar-refractivity contribution in [3.05, 3.63) is 23.3 Å². The summed E-state index contributed by atoms with van der Waals surface area (Å²) < 4.78 is 0. The van der Waals surface area contributed by atoms with Gasteiger partial charge in [-0.05, 0) is 67.9 Å². The molecule has 2 rings (SSSR count). The summed E-state index contributed by atoms with van der Waals surface area (Å²) in [5.41, 5.74) is 3.28. The van der Waals surface area contributed by atoms with Gasteiger partial charge in [-0.25, -0.2) is 9.98 Å². The van der Waals surface area contributed by atoms with Crippen molar-refractivity contribution in [3.63, 3.8) is 0 Å². The van der Waals surface area contributed by atoms with E-state index in [1.54, 1.807) is 0 Å². The maximum atomic E-state index is 4.91. The molecule has 0 aromatic heterocycles. The third-order valence-electron chi connectivity index (χ3n) is 3.79. The molecule has 0 fully saturated rings. The van der Waals surface area contributed by atoms with E-state index in [9.17, 15) is 0 Å². The van der Waals surface area contributed by atoms with E-state index in [4.69, 9.17) is 9.98 Å². The minimum Gasteiger partial charge on any atom is -0.322 e. The van der Waals surface area contributed by atoms with Crippen molar-refractivity contribution < 1.29 is 0 Å². The molecule has 0 radical (unpaired) electrons. The molecule has 0 aromatic rings. The van der Waals surface area contributed by atoms with Crippen LogP contribution in [0.3, 0.4) is 0 Å². The minimum atomic E-state index is -0.203. The van der Waals surface area contributed by atoms with Crippen LogP contribution >= 0.6 is 0 Å². The van der Waals surface area contributed by atoms with Gasteiger partial charge in [0.2, 0.25) is 5.96 Å². The molecule has 1 atom stereocenters. The van der Waals surface area contributed by atoms with Crippen LogP contribution in [0.1, 0.15) is 62.3 Å². The van der Waals surface area contributed by atoms with E-state index >= 15 is 0 Å². The number of hydrogen-bond donors (Lipinski definition) is 0. The molecule has 3 nitrogen and oxygen atoms in total. The first-order valence-corrected chi connectivity index (χ1v) is 7.72. The Kier molecular flexibility index (Phi) is 3.47. The number of guanidine groups is 1. The number of allylic oxidation sites excluding steroid dienone is 2. The Morgan fingerprint density at radius 2 is 1.67 bits per heavy atom. The minimum absolute atomic E-state index is 0.0432. The van der Waals surface area contributed by atoms with Crippen LogP contribution in [0.5, 0.6) is 0 Å². The fourth-order valence-electron chi connectivity index (χ4n) is 3.46. The average molecular weight is 287 g/mol. The third-order valence-corrected chi connectivity index (χ3v) is 3.79. The Morgan fingerprint density at radius 1 is 1.10 bits per heavy atom. The second kappa shape index (κ2) is 4.56. The molecule has 0 amide bonds. The summed E-state index contributed by atoms with van der Waals surface area (Å²) in [6, 6.07) is 0. The van der Waals surface area contributed by atoms with Crippen LogP contribution in [0.4, 0.5) is 0 Å². The molecule has 0 bridgehead atoms. The van der Waals surface area contributed by atoms with Gasteiger partial charge in [-0.15, -0.1) is 0 Å². The van der Waals surface area contributed by atoms with Gasteiger partial charge in [-0.2, -0.15) is 0 Å². The molecule has 1 aliphatic heterocycles. The van der Waals surface area contributed by atoms with E-state index in [0.717, 1.165) is 11.7 Å². The lowest BCUT2D eigenvalue weighted by Crippen LogP contribution is -2.57. The van der Waals surface area contributed by atoms with Gasteiger partial charge >= 0.3 is 0 Å². The first-order chi connectivity index (χ1) is 9.34. The molecular weight excluding hydrogens is 258 g/mol. The normalized spacial score (nSPS) is 28.3. The Labute approximate surface area is 129 Å². The Morgan fingerprint density at radius 3 is 2.14 bits per heavy atom. The highest BCUT2D eigenvalue weighted by Crippen LogP contribution is 2.39. The number of rotatable bonds is 0. The van der Waals surface area contributed by atoms with Crippen LogP contribution in [0.25, 0.3) is 0 Å². The SMILES string of the molecule is CC1=CC2(C)C(=NC(=NC(C)(C)C)N2C(C)(C)C)C(C)=C1. The molecule has 21 heavy (non-hydrogen) atoms. The van der Waals surface area contributed by atoms with E-state index in [-0.39, 0.29) is 16.6 Å². The standard InChI is InChI=1S/C18H29N3/c1-12-10-13(2)14-18(9,11-12)21(17(6,7)8)15(19-14)20-16(3,4)5/h10-11H,1-9H3. The fraction of sp³-hybridized carbons (Fsp3) is 0.667. The second-order valence-corrected chi connectivity index (χ2v) is 8.41. The monoisotopic (exact) mass is 287 g/mol. The zero-order chi connectivity index (χ0) is 16.2. The average Bonchev–Trinajstić information content (AvgIpc) is 2.46. The predicted molar refractivity (Wildman–Crippen MR) is 92.1 cm³/mol. The number of aliphatic imine (C=N–C) groups is 2. The van der Waals surface area contributed by atoms with Gasteiger partial charge in [0.25, 0.3) is 0 Å². The molecule has 1 heterocycles. The smallest absolute Gasteiger partial charge is 0.222 e. The number of hydrogen-bond acceptors (Lipinski definition) is 1. The molecule has 0 saturated heterocycles. The maximum Gasteiger partial charge on any atom is 0.222 e. The second-order valence-electron chi connectivity index (χ2n) is 8.41. The highest BCUT2D eigenvalue weighted by molar-refractivity contribution is 6.19. The van der Waals surface area contributed by atoms with E-state index in [2.05, 4.69) is 79.4 Å². The molecule has 0 spiro atoms. The van der Waals surface area contributed by atoms with Crippen LogP contribution in [0.2, 0.25) is 0 Å². The molecule has 1 aliphatic carbocycles. The largest absolute Gasteiger partial charge is 0.322 e. The Balaban J connectivity index is 2.66. The summed E-state index contributed by atoms with van der Waals surface area (Å²) in [6.07, 6.45) is 4.52. The van der Waals surface area contributed by atoms with Crippen molar-refractivity contribution in [1.82, 2.24) is 4.90 Å². The number of nitrogens with zero attached hydrogens (tertiary/aromatic N) is 3. The summed E-state index contributed by atoms with van der Waals surface area (Å²) in [4.78, 5) is 12.2. The highest BCUT2D eigenvalue weighted by Gasteiger charge is 2.49. The van der Waals surface area contributed by atoms with Gasteiger partial charge < -0.3 is 4.90 Å². The van der Waals surface area contributed by atoms with Crippen molar-refractivity contribution in [2.45, 2.75) is 78.9 Å². The first kappa shape index (κ1) is 16.0. The van der Waals surface area contributed by atoms with Crippen molar-refractivity contribution in [1.29, 1.82) is 0 Å². The van der Waals surface area contributed by atoms with Gasteiger partial charge in [0, 0.05) is 5.54 Å². The van der Waals surface area contributed by atoms with Crippen LogP contribution in [0, 0.1) is 0 Å². The molecule has 0 N–H and O–H groups in total. The summed E-state index contributed by atoms with van der Waals surface area (Å²) in [5, 5.41) is 0. The summed E-state index contributed by atoms with van der Waals surface area (Å²) in [6.45, 7) is 19.6. The predicted octanol–water partition coefficient (Wildman–Crippen LogP) is 4.36. The molecule has 0 saturated carbocycles. The first-order valence-electron chi connectivity index (χ1n) is 7.72. The zero-order valence-corrected chi connectivity index (χ0v) is 15.0. The van der Waals surface area contributed by atoms with Crippen molar-refractivity contribution in [2.75, 3.05) is 0 Å². The lowest BCUT2D eigenvalue weighted by molar-refractivity contribution is 0.181. The van der Waals surface area contributed by atoms with Crippen molar-refractivity contribution >= 4 is 11.7 Å². The molecule has 116 valence electrons. The van der Waals surface area contributed by atoms with Gasteiger partial charge in [0.1, 0.15) is 5.54 Å². The number of fused-ring (bicyclic) bond motifs is 1. The van der Waals surface area contributed by atoms with Crippen LogP contribution in [-0.2, 0) is 0 Å². The summed E-state index contributed by atoms with van der Waals surface area (Å²) in [5.74, 6) is 0.853. The van der Waals surface area contributed by atoms with Crippen LogP contribution in [0.15, 0.2) is 33.3 Å². The molecule has 3 heteroatoms. The Hall–Kier alpha value is -1.38. The van der Waals surface area contributed by atoms with Gasteiger partial charge in [0.15, 0.2) is 0 Å².